The van der Waals surface area contributed by atoms with Crippen molar-refractivity contribution in [1.82, 2.24) is 0 Å². The number of nitrogens with one attached hydrogen (secondary N) is 1. The third-order valence-corrected chi connectivity index (χ3v) is 4.63. The Kier molecular flexibility index (Phi) is 5.59. The van der Waals surface area contributed by atoms with E-state index in [1.165, 1.54) is 24.0 Å². The largest absolute Gasteiger partial charge is 0.495 e. The van der Waals surface area contributed by atoms with Crippen LogP contribution in [-0.2, 0) is 17.6 Å². The normalized spacial score (nSPS) is 14.3. The molecule has 132 valence electrons. The quantitative estimate of drug-likeness (QED) is 0.850. The monoisotopic (exact) mass is 339 g/mol. The van der Waals surface area contributed by atoms with Crippen molar-refractivity contribution in [1.29, 1.82) is 0 Å². The van der Waals surface area contributed by atoms with Gasteiger partial charge in [-0.2, -0.15) is 0 Å². The lowest BCUT2D eigenvalue weighted by Gasteiger charge is -2.21. The summed E-state index contributed by atoms with van der Waals surface area (Å²) in [7, 11) is 1.59. The summed E-state index contributed by atoms with van der Waals surface area (Å²) in [5.74, 6) is 1.24. The van der Waals surface area contributed by atoms with Crippen LogP contribution in [0.1, 0.15) is 37.3 Å². The fourth-order valence-corrected chi connectivity index (χ4v) is 3.23. The zero-order valence-corrected chi connectivity index (χ0v) is 14.9. The summed E-state index contributed by atoms with van der Waals surface area (Å²) in [5.41, 5.74) is 3.41. The number of carbonyl (C=O) groups is 1. The average Bonchev–Trinajstić information content (AvgIpc) is 2.66. The Bertz CT molecular complexity index is 742. The first kappa shape index (κ1) is 17.3. The van der Waals surface area contributed by atoms with E-state index in [4.69, 9.17) is 9.47 Å². The maximum atomic E-state index is 12.6. The van der Waals surface area contributed by atoms with Gasteiger partial charge in [0.1, 0.15) is 11.5 Å². The Balaban J connectivity index is 1.70. The van der Waals surface area contributed by atoms with E-state index < -0.39 is 6.10 Å². The molecule has 0 radical (unpaired) electrons. The Labute approximate surface area is 149 Å². The average molecular weight is 339 g/mol. The van der Waals surface area contributed by atoms with Crippen molar-refractivity contribution in [2.45, 2.75) is 45.1 Å². The minimum absolute atomic E-state index is 0.162. The van der Waals surface area contributed by atoms with E-state index in [0.29, 0.717) is 17.9 Å². The fraction of sp³-hybridized carbons (Fsp3) is 0.381. The molecule has 1 amide bonds. The zero-order valence-electron chi connectivity index (χ0n) is 14.9. The SMILES string of the molecule is CC[C@@H](Oc1ccc2c(c1)CCCC2)C(=O)Nc1ccccc1OC. The van der Waals surface area contributed by atoms with Crippen LogP contribution in [0.15, 0.2) is 42.5 Å². The number of anilines is 1. The van der Waals surface area contributed by atoms with Gasteiger partial charge in [-0.05, 0) is 67.5 Å². The first-order valence-corrected chi connectivity index (χ1v) is 8.93. The zero-order chi connectivity index (χ0) is 17.6. The highest BCUT2D eigenvalue weighted by Crippen LogP contribution is 2.27. The molecule has 4 heteroatoms. The second-order valence-corrected chi connectivity index (χ2v) is 6.34. The third-order valence-electron chi connectivity index (χ3n) is 4.63. The van der Waals surface area contributed by atoms with Crippen molar-refractivity contribution in [2.75, 3.05) is 12.4 Å². The lowest BCUT2D eigenvalue weighted by Crippen LogP contribution is -2.32. The number of fused-ring (bicyclic) bond motifs is 1. The molecule has 0 aromatic heterocycles. The van der Waals surface area contributed by atoms with Crippen LogP contribution < -0.4 is 14.8 Å². The number of carbonyl (C=O) groups excluding carboxylic acids is 1. The minimum atomic E-state index is -0.536. The molecular formula is C21H25NO3. The van der Waals surface area contributed by atoms with Gasteiger partial charge in [0, 0.05) is 0 Å². The van der Waals surface area contributed by atoms with Gasteiger partial charge in [-0.25, -0.2) is 0 Å². The summed E-state index contributed by atoms with van der Waals surface area (Å²) >= 11 is 0. The van der Waals surface area contributed by atoms with Gasteiger partial charge in [-0.15, -0.1) is 0 Å². The predicted molar refractivity (Wildman–Crippen MR) is 99.4 cm³/mol. The molecule has 0 aliphatic heterocycles. The number of methoxy groups -OCH3 is 1. The minimum Gasteiger partial charge on any atom is -0.495 e. The molecule has 0 saturated carbocycles. The predicted octanol–water partition coefficient (Wildman–Crippen LogP) is 4.37. The molecule has 0 spiro atoms. The van der Waals surface area contributed by atoms with Crippen molar-refractivity contribution >= 4 is 11.6 Å². The molecule has 0 unspecified atom stereocenters. The molecule has 0 heterocycles. The smallest absolute Gasteiger partial charge is 0.265 e. The molecule has 3 rings (SSSR count). The van der Waals surface area contributed by atoms with Crippen LogP contribution in [0.4, 0.5) is 5.69 Å². The molecule has 1 aliphatic carbocycles. The van der Waals surface area contributed by atoms with Crippen molar-refractivity contribution in [3.05, 3.63) is 53.6 Å². The molecule has 2 aromatic carbocycles. The van der Waals surface area contributed by atoms with E-state index in [1.807, 2.05) is 37.3 Å². The highest BCUT2D eigenvalue weighted by Gasteiger charge is 2.20. The molecular weight excluding hydrogens is 314 g/mol. The molecule has 0 saturated heterocycles. The van der Waals surface area contributed by atoms with Crippen molar-refractivity contribution in [3.8, 4) is 11.5 Å². The number of benzene rings is 2. The van der Waals surface area contributed by atoms with Crippen LogP contribution in [0.2, 0.25) is 0 Å². The van der Waals surface area contributed by atoms with E-state index in [9.17, 15) is 4.79 Å². The number of hydrogen-bond donors (Lipinski definition) is 1. The van der Waals surface area contributed by atoms with Crippen molar-refractivity contribution in [3.63, 3.8) is 0 Å². The molecule has 4 nitrogen and oxygen atoms in total. The summed E-state index contributed by atoms with van der Waals surface area (Å²) in [6.45, 7) is 1.95. The molecule has 1 N–H and O–H groups in total. The first-order chi connectivity index (χ1) is 12.2. The van der Waals surface area contributed by atoms with Crippen molar-refractivity contribution < 1.29 is 14.3 Å². The van der Waals surface area contributed by atoms with E-state index in [0.717, 1.165) is 18.6 Å². The summed E-state index contributed by atoms with van der Waals surface area (Å²) in [6, 6.07) is 13.6. The number of amides is 1. The van der Waals surface area contributed by atoms with Gasteiger partial charge < -0.3 is 14.8 Å². The Hall–Kier alpha value is -2.49. The van der Waals surface area contributed by atoms with Gasteiger partial charge in [0.2, 0.25) is 0 Å². The fourth-order valence-electron chi connectivity index (χ4n) is 3.23. The summed E-state index contributed by atoms with van der Waals surface area (Å²) in [4.78, 5) is 12.6. The highest BCUT2D eigenvalue weighted by atomic mass is 16.5. The Morgan fingerprint density at radius 3 is 2.64 bits per heavy atom. The van der Waals surface area contributed by atoms with Crippen LogP contribution in [-0.4, -0.2) is 19.1 Å². The second kappa shape index (κ2) is 8.06. The Morgan fingerprint density at radius 2 is 1.88 bits per heavy atom. The summed E-state index contributed by atoms with van der Waals surface area (Å²) in [6.07, 6.45) is 4.77. The van der Waals surface area contributed by atoms with Gasteiger partial charge in [-0.1, -0.05) is 25.1 Å². The molecule has 1 aliphatic rings. The van der Waals surface area contributed by atoms with Crippen LogP contribution in [0.5, 0.6) is 11.5 Å². The molecule has 25 heavy (non-hydrogen) atoms. The molecule has 0 fully saturated rings. The van der Waals surface area contributed by atoms with Gasteiger partial charge >= 0.3 is 0 Å². The van der Waals surface area contributed by atoms with E-state index in [2.05, 4.69) is 17.4 Å². The standard InChI is InChI=1S/C21H25NO3/c1-3-19(21(23)22-18-10-6-7-11-20(18)24-2)25-17-13-12-15-8-4-5-9-16(15)14-17/h6-7,10-14,19H,3-5,8-9H2,1-2H3,(H,22,23)/t19-/m1/s1. The number of aryl methyl sites for hydroxylation is 2. The lowest BCUT2D eigenvalue weighted by molar-refractivity contribution is -0.122. The topological polar surface area (TPSA) is 47.6 Å². The second-order valence-electron chi connectivity index (χ2n) is 6.34. The number of ether oxygens (including phenoxy) is 2. The summed E-state index contributed by atoms with van der Waals surface area (Å²) < 4.78 is 11.3. The maximum absolute atomic E-state index is 12.6. The summed E-state index contributed by atoms with van der Waals surface area (Å²) in [5, 5.41) is 2.91. The van der Waals surface area contributed by atoms with Gasteiger partial charge in [0.25, 0.3) is 5.91 Å². The van der Waals surface area contributed by atoms with Crippen LogP contribution in [0, 0.1) is 0 Å². The Morgan fingerprint density at radius 1 is 1.12 bits per heavy atom. The van der Waals surface area contributed by atoms with Crippen LogP contribution >= 0.6 is 0 Å². The van der Waals surface area contributed by atoms with Gasteiger partial charge in [-0.3, -0.25) is 4.79 Å². The van der Waals surface area contributed by atoms with E-state index >= 15 is 0 Å². The van der Waals surface area contributed by atoms with Crippen molar-refractivity contribution in [2.24, 2.45) is 0 Å². The van der Waals surface area contributed by atoms with Crippen LogP contribution in [0.25, 0.3) is 0 Å². The first-order valence-electron chi connectivity index (χ1n) is 8.93. The van der Waals surface area contributed by atoms with E-state index in [-0.39, 0.29) is 5.91 Å². The number of hydrogen-bond acceptors (Lipinski definition) is 3. The van der Waals surface area contributed by atoms with E-state index in [1.54, 1.807) is 7.11 Å². The highest BCUT2D eigenvalue weighted by molar-refractivity contribution is 5.95. The lowest BCUT2D eigenvalue weighted by atomic mass is 9.92. The third kappa shape index (κ3) is 4.13. The number of rotatable bonds is 6. The van der Waals surface area contributed by atoms with Crippen LogP contribution in [0.3, 0.4) is 0 Å². The number of para-hydroxylation sites is 2. The molecule has 1 atom stereocenters. The van der Waals surface area contributed by atoms with Gasteiger partial charge in [0.05, 0.1) is 12.8 Å². The molecule has 2 aromatic rings. The molecule has 0 bridgehead atoms. The van der Waals surface area contributed by atoms with Gasteiger partial charge in [0.15, 0.2) is 6.10 Å². The maximum Gasteiger partial charge on any atom is 0.265 e.